The van der Waals surface area contributed by atoms with E-state index in [1.807, 2.05) is 18.2 Å². The van der Waals surface area contributed by atoms with E-state index in [-0.39, 0.29) is 28.7 Å². The zero-order valence-corrected chi connectivity index (χ0v) is 24.0. The van der Waals surface area contributed by atoms with Gasteiger partial charge >= 0.3 is 5.97 Å². The molecule has 220 valence electrons. The fraction of sp³-hybridized carbons (Fsp3) is 0.200. The molecule has 0 aliphatic heterocycles. The van der Waals surface area contributed by atoms with Gasteiger partial charge in [0, 0.05) is 23.1 Å². The zero-order chi connectivity index (χ0) is 30.7. The average molecular weight is 581 g/mol. The van der Waals surface area contributed by atoms with Gasteiger partial charge in [-0.1, -0.05) is 80.6 Å². The van der Waals surface area contributed by atoms with Crippen molar-refractivity contribution in [1.82, 2.24) is 0 Å². The molecule has 0 aliphatic carbocycles. The summed E-state index contributed by atoms with van der Waals surface area (Å²) in [5.41, 5.74) is 2.46. The summed E-state index contributed by atoms with van der Waals surface area (Å²) in [6, 6.07) is 25.1. The molecule has 1 heterocycles. The Bertz CT molecular complexity index is 1820. The molecular weight excluding hydrogens is 548 g/mol. The quantitative estimate of drug-likeness (QED) is 0.126. The van der Waals surface area contributed by atoms with Crippen LogP contribution in [0.2, 0.25) is 0 Å². The SMILES string of the molecule is COC(=O)C[C@@H](c1cccc(OCc2ccc(C(C)C)cc2)c1)c1c(O)c(O)c(O)c2c(=O)cc(-c3ccccc3)oc12. The van der Waals surface area contributed by atoms with Gasteiger partial charge in [0.15, 0.2) is 16.9 Å². The van der Waals surface area contributed by atoms with Crippen molar-refractivity contribution in [2.75, 3.05) is 7.11 Å². The summed E-state index contributed by atoms with van der Waals surface area (Å²) in [7, 11) is 1.24. The lowest BCUT2D eigenvalue weighted by atomic mass is 9.86. The van der Waals surface area contributed by atoms with Gasteiger partial charge in [0.25, 0.3) is 0 Å². The van der Waals surface area contributed by atoms with Crippen molar-refractivity contribution >= 4 is 16.9 Å². The van der Waals surface area contributed by atoms with Crippen LogP contribution in [0.25, 0.3) is 22.3 Å². The number of hydrogen-bond donors (Lipinski definition) is 3. The molecular formula is C35H32O8. The van der Waals surface area contributed by atoms with Gasteiger partial charge in [0.1, 0.15) is 29.1 Å². The third-order valence-corrected chi connectivity index (χ3v) is 7.45. The molecule has 1 aromatic heterocycles. The number of aromatic hydroxyl groups is 3. The first-order chi connectivity index (χ1) is 20.7. The van der Waals surface area contributed by atoms with Crippen LogP contribution >= 0.6 is 0 Å². The molecule has 0 aliphatic rings. The van der Waals surface area contributed by atoms with Crippen LogP contribution in [0.15, 0.2) is 94.1 Å². The molecule has 8 heteroatoms. The van der Waals surface area contributed by atoms with Crippen molar-refractivity contribution in [2.45, 2.75) is 38.7 Å². The molecule has 4 aromatic carbocycles. The van der Waals surface area contributed by atoms with Gasteiger partial charge in [0.05, 0.1) is 13.5 Å². The number of esters is 1. The Kier molecular flexibility index (Phi) is 8.39. The van der Waals surface area contributed by atoms with E-state index in [1.54, 1.807) is 48.5 Å². The minimum atomic E-state index is -0.954. The second-order valence-corrected chi connectivity index (χ2v) is 10.6. The van der Waals surface area contributed by atoms with E-state index in [9.17, 15) is 24.9 Å². The Labute approximate surface area is 248 Å². The maximum atomic E-state index is 13.3. The first kappa shape index (κ1) is 29.3. The molecule has 5 rings (SSSR count). The van der Waals surface area contributed by atoms with Crippen LogP contribution in [-0.2, 0) is 16.1 Å². The number of carbonyl (C=O) groups is 1. The minimum Gasteiger partial charge on any atom is -0.504 e. The third kappa shape index (κ3) is 6.04. The Hall–Kier alpha value is -5.24. The summed E-state index contributed by atoms with van der Waals surface area (Å²) in [5, 5.41) is 32.2. The molecule has 3 N–H and O–H groups in total. The number of phenolic OH excluding ortho intramolecular Hbond substituents is 3. The van der Waals surface area contributed by atoms with E-state index in [0.29, 0.717) is 29.4 Å². The first-order valence-electron chi connectivity index (χ1n) is 13.9. The van der Waals surface area contributed by atoms with Gasteiger partial charge in [-0.2, -0.15) is 0 Å². The van der Waals surface area contributed by atoms with Crippen molar-refractivity contribution < 1.29 is 34.0 Å². The number of hydrogen-bond acceptors (Lipinski definition) is 8. The molecule has 0 amide bonds. The summed E-state index contributed by atoms with van der Waals surface area (Å²) in [6.07, 6.45) is -0.275. The molecule has 0 fully saturated rings. The van der Waals surface area contributed by atoms with Gasteiger partial charge in [-0.25, -0.2) is 0 Å². The van der Waals surface area contributed by atoms with Gasteiger partial charge < -0.3 is 29.2 Å². The smallest absolute Gasteiger partial charge is 0.306 e. The highest BCUT2D eigenvalue weighted by Gasteiger charge is 2.31. The molecule has 0 radical (unpaired) electrons. The molecule has 0 saturated carbocycles. The predicted molar refractivity (Wildman–Crippen MR) is 163 cm³/mol. The fourth-order valence-corrected chi connectivity index (χ4v) is 5.06. The van der Waals surface area contributed by atoms with Crippen LogP contribution in [-0.4, -0.2) is 28.4 Å². The van der Waals surface area contributed by atoms with E-state index in [0.717, 1.165) is 5.56 Å². The van der Waals surface area contributed by atoms with Crippen molar-refractivity contribution in [3.05, 3.63) is 117 Å². The summed E-state index contributed by atoms with van der Waals surface area (Å²) < 4.78 is 17.2. The number of carbonyl (C=O) groups excluding carboxylic acids is 1. The van der Waals surface area contributed by atoms with E-state index in [2.05, 4.69) is 26.0 Å². The normalized spacial score (nSPS) is 11.9. The monoisotopic (exact) mass is 580 g/mol. The van der Waals surface area contributed by atoms with Crippen LogP contribution in [0.1, 0.15) is 54.4 Å². The Morgan fingerprint density at radius 1 is 0.837 bits per heavy atom. The van der Waals surface area contributed by atoms with Crippen molar-refractivity contribution in [1.29, 1.82) is 0 Å². The lowest BCUT2D eigenvalue weighted by Crippen LogP contribution is -2.12. The van der Waals surface area contributed by atoms with Crippen molar-refractivity contribution in [3.63, 3.8) is 0 Å². The molecule has 0 bridgehead atoms. The Morgan fingerprint density at radius 3 is 2.23 bits per heavy atom. The lowest BCUT2D eigenvalue weighted by molar-refractivity contribution is -0.140. The molecule has 0 unspecified atom stereocenters. The first-order valence-corrected chi connectivity index (χ1v) is 13.9. The standard InChI is InChI=1S/C35H32O8/c1-20(2)22-14-12-21(13-15-22)19-42-25-11-7-10-24(16-25)26(17-29(37)41-3)30-32(38)34(40)33(39)31-27(36)18-28(43-35(30)31)23-8-5-4-6-9-23/h4-16,18,20,26,38-40H,17,19H2,1-3H3/t26-/m0/s1. The zero-order valence-electron chi connectivity index (χ0n) is 24.0. The number of ether oxygens (including phenoxy) is 2. The van der Waals surface area contributed by atoms with Gasteiger partial charge in [0.2, 0.25) is 5.75 Å². The molecule has 8 nitrogen and oxygen atoms in total. The summed E-state index contributed by atoms with van der Waals surface area (Å²) in [6.45, 7) is 4.56. The average Bonchev–Trinajstić information content (AvgIpc) is 3.02. The highest BCUT2D eigenvalue weighted by molar-refractivity contribution is 5.93. The highest BCUT2D eigenvalue weighted by atomic mass is 16.5. The third-order valence-electron chi connectivity index (χ3n) is 7.45. The predicted octanol–water partition coefficient (Wildman–Crippen LogP) is 6.97. The summed E-state index contributed by atoms with van der Waals surface area (Å²) in [4.78, 5) is 25.9. The second-order valence-electron chi connectivity index (χ2n) is 10.6. The number of rotatable bonds is 9. The Balaban J connectivity index is 1.62. The highest BCUT2D eigenvalue weighted by Crippen LogP contribution is 2.49. The van der Waals surface area contributed by atoms with Crippen LogP contribution in [0.4, 0.5) is 0 Å². The fourth-order valence-electron chi connectivity index (χ4n) is 5.06. The van der Waals surface area contributed by atoms with E-state index in [1.165, 1.54) is 18.7 Å². The van der Waals surface area contributed by atoms with Gasteiger partial charge in [-0.05, 0) is 34.7 Å². The maximum Gasteiger partial charge on any atom is 0.306 e. The van der Waals surface area contributed by atoms with E-state index >= 15 is 0 Å². The number of benzene rings is 4. The minimum absolute atomic E-state index is 0.0491. The second kappa shape index (κ2) is 12.3. The Morgan fingerprint density at radius 2 is 1.56 bits per heavy atom. The van der Waals surface area contributed by atoms with Gasteiger partial charge in [-0.15, -0.1) is 0 Å². The number of fused-ring (bicyclic) bond motifs is 1. The topological polar surface area (TPSA) is 126 Å². The molecule has 0 spiro atoms. The van der Waals surface area contributed by atoms with Crippen LogP contribution in [0.5, 0.6) is 23.0 Å². The molecule has 1 atom stereocenters. The summed E-state index contributed by atoms with van der Waals surface area (Å²) >= 11 is 0. The van der Waals surface area contributed by atoms with E-state index in [4.69, 9.17) is 13.9 Å². The largest absolute Gasteiger partial charge is 0.504 e. The van der Waals surface area contributed by atoms with E-state index < -0.39 is 34.6 Å². The van der Waals surface area contributed by atoms with Crippen LogP contribution < -0.4 is 10.2 Å². The molecule has 0 saturated heterocycles. The van der Waals surface area contributed by atoms with Crippen LogP contribution in [0, 0.1) is 0 Å². The lowest BCUT2D eigenvalue weighted by Gasteiger charge is -2.21. The number of phenols is 3. The van der Waals surface area contributed by atoms with Crippen molar-refractivity contribution in [2.24, 2.45) is 0 Å². The molecule has 43 heavy (non-hydrogen) atoms. The van der Waals surface area contributed by atoms with Crippen LogP contribution in [0.3, 0.4) is 0 Å². The van der Waals surface area contributed by atoms with Gasteiger partial charge in [-0.3, -0.25) is 9.59 Å². The molecule has 5 aromatic rings. The summed E-state index contributed by atoms with van der Waals surface area (Å²) in [5.74, 6) is -2.90. The maximum absolute atomic E-state index is 13.3. The van der Waals surface area contributed by atoms with Crippen molar-refractivity contribution in [3.8, 4) is 34.3 Å². The number of methoxy groups -OCH3 is 1.